The third-order valence-corrected chi connectivity index (χ3v) is 6.28. The normalized spacial score (nSPS) is 21.5. The predicted molar refractivity (Wildman–Crippen MR) is 124 cm³/mol. The van der Waals surface area contributed by atoms with Gasteiger partial charge in [0.2, 0.25) is 0 Å². The summed E-state index contributed by atoms with van der Waals surface area (Å²) in [5.41, 5.74) is 0.934. The number of thiocarbonyl (C=S) groups is 1. The molecule has 1 fully saturated rings. The number of para-hydroxylation sites is 2. The smallest absolute Gasteiger partial charge is 0.270 e. The third kappa shape index (κ3) is 3.11. The van der Waals surface area contributed by atoms with Crippen molar-refractivity contribution in [3.8, 4) is 5.75 Å². The first-order valence-corrected chi connectivity index (χ1v) is 10.5. The van der Waals surface area contributed by atoms with Crippen LogP contribution in [0, 0.1) is 10.1 Å². The Morgan fingerprint density at radius 2 is 1.81 bits per heavy atom. The number of anilines is 1. The van der Waals surface area contributed by atoms with Crippen molar-refractivity contribution in [1.29, 1.82) is 0 Å². The lowest BCUT2D eigenvalue weighted by Crippen LogP contribution is -2.67. The summed E-state index contributed by atoms with van der Waals surface area (Å²) in [5, 5.41) is 11.6. The van der Waals surface area contributed by atoms with E-state index in [4.69, 9.17) is 17.0 Å². The summed E-state index contributed by atoms with van der Waals surface area (Å²) < 4.78 is 6.42. The minimum absolute atomic E-state index is 0.143. The monoisotopic (exact) mass is 445 g/mol. The molecule has 2 aliphatic heterocycles. The van der Waals surface area contributed by atoms with Gasteiger partial charge in [0.1, 0.15) is 5.75 Å². The van der Waals surface area contributed by atoms with Gasteiger partial charge >= 0.3 is 0 Å². The van der Waals surface area contributed by atoms with Gasteiger partial charge in [-0.25, -0.2) is 0 Å². The van der Waals surface area contributed by atoms with Gasteiger partial charge in [-0.1, -0.05) is 42.5 Å². The maximum atomic E-state index is 13.7. The van der Waals surface area contributed by atoms with E-state index in [0.29, 0.717) is 17.3 Å². The Bertz CT molecular complexity index is 1250. The van der Waals surface area contributed by atoms with Crippen LogP contribution in [0.5, 0.6) is 5.75 Å². The zero-order valence-corrected chi connectivity index (χ0v) is 18.0. The van der Waals surface area contributed by atoms with Crippen LogP contribution in [0.4, 0.5) is 11.4 Å². The molecule has 0 unspecified atom stereocenters. The average molecular weight is 446 g/mol. The number of nitro benzene ring substituents is 1. The van der Waals surface area contributed by atoms with E-state index < -0.39 is 10.6 Å². The molecule has 2 aliphatic rings. The molecule has 2 heterocycles. The summed E-state index contributed by atoms with van der Waals surface area (Å²) in [5.74, 6) is 0.301. The summed E-state index contributed by atoms with van der Waals surface area (Å²) in [7, 11) is 0. The molecule has 160 valence electrons. The number of benzene rings is 3. The van der Waals surface area contributed by atoms with Gasteiger partial charge in [-0.15, -0.1) is 0 Å². The lowest BCUT2D eigenvalue weighted by Gasteiger charge is -2.55. The fourth-order valence-corrected chi connectivity index (χ4v) is 5.00. The number of non-ortho nitro benzene ring substituents is 1. The molecule has 0 aliphatic carbocycles. The highest BCUT2D eigenvalue weighted by Crippen LogP contribution is 2.49. The number of hydrogen-bond acceptors (Lipinski definition) is 5. The van der Waals surface area contributed by atoms with E-state index in [1.807, 2.05) is 66.4 Å². The number of nitrogens with zero attached hydrogens (tertiary/aromatic N) is 3. The van der Waals surface area contributed by atoms with Crippen LogP contribution >= 0.6 is 12.2 Å². The largest absolute Gasteiger partial charge is 0.467 e. The van der Waals surface area contributed by atoms with Crippen LogP contribution in [-0.2, 0) is 0 Å². The van der Waals surface area contributed by atoms with Crippen molar-refractivity contribution in [2.45, 2.75) is 25.1 Å². The first-order chi connectivity index (χ1) is 15.4. The number of nitro groups is 1. The summed E-state index contributed by atoms with van der Waals surface area (Å²) in [4.78, 5) is 27.9. The highest BCUT2D eigenvalue weighted by atomic mass is 32.1. The zero-order valence-electron chi connectivity index (χ0n) is 17.2. The van der Waals surface area contributed by atoms with Crippen LogP contribution in [0.1, 0.15) is 35.3 Å². The molecule has 1 saturated heterocycles. The Balaban J connectivity index is 1.66. The van der Waals surface area contributed by atoms with Gasteiger partial charge in [0, 0.05) is 35.4 Å². The molecule has 0 aromatic heterocycles. The SMILES string of the molecule is C[C@@]12C[C@H](c3ccccc3O1)N(C(=O)c1cccc([N+](=O)[O-])c1)C(=S)N2c1ccccc1. The van der Waals surface area contributed by atoms with Gasteiger partial charge in [-0.3, -0.25) is 24.7 Å². The lowest BCUT2D eigenvalue weighted by atomic mass is 9.88. The van der Waals surface area contributed by atoms with Gasteiger partial charge in [0.25, 0.3) is 11.6 Å². The van der Waals surface area contributed by atoms with Crippen molar-refractivity contribution in [2.75, 3.05) is 4.90 Å². The average Bonchev–Trinajstić information content (AvgIpc) is 2.79. The molecule has 8 heteroatoms. The number of hydrogen-bond donors (Lipinski definition) is 0. The Labute approximate surface area is 190 Å². The van der Waals surface area contributed by atoms with Crippen molar-refractivity contribution < 1.29 is 14.5 Å². The molecule has 5 rings (SSSR count). The van der Waals surface area contributed by atoms with E-state index in [1.54, 1.807) is 11.0 Å². The maximum Gasteiger partial charge on any atom is 0.270 e. The van der Waals surface area contributed by atoms with Crippen LogP contribution < -0.4 is 9.64 Å². The first kappa shape index (κ1) is 20.1. The fraction of sp³-hybridized carbons (Fsp3) is 0.167. The van der Waals surface area contributed by atoms with Crippen molar-refractivity contribution in [1.82, 2.24) is 4.90 Å². The molecular weight excluding hydrogens is 426 g/mol. The van der Waals surface area contributed by atoms with Gasteiger partial charge in [0.05, 0.1) is 11.0 Å². The Hall–Kier alpha value is -3.78. The molecular formula is C24H19N3O4S. The highest BCUT2D eigenvalue weighted by Gasteiger charge is 2.53. The molecule has 7 nitrogen and oxygen atoms in total. The van der Waals surface area contributed by atoms with E-state index in [-0.39, 0.29) is 23.2 Å². The minimum Gasteiger partial charge on any atom is -0.467 e. The van der Waals surface area contributed by atoms with Crippen LogP contribution in [0.15, 0.2) is 78.9 Å². The second-order valence-electron chi connectivity index (χ2n) is 7.97. The molecule has 3 aromatic carbocycles. The molecule has 1 amide bonds. The molecule has 0 N–H and O–H groups in total. The van der Waals surface area contributed by atoms with E-state index in [2.05, 4.69) is 0 Å². The van der Waals surface area contributed by atoms with Crippen molar-refractivity contribution in [3.05, 3.63) is 100 Å². The molecule has 32 heavy (non-hydrogen) atoms. The van der Waals surface area contributed by atoms with Crippen molar-refractivity contribution in [3.63, 3.8) is 0 Å². The number of fused-ring (bicyclic) bond motifs is 4. The summed E-state index contributed by atoms with van der Waals surface area (Å²) >= 11 is 5.86. The van der Waals surface area contributed by atoms with Crippen LogP contribution in [0.2, 0.25) is 0 Å². The topological polar surface area (TPSA) is 75.9 Å². The van der Waals surface area contributed by atoms with Gasteiger partial charge in [0.15, 0.2) is 10.8 Å². The standard InChI is InChI=1S/C24H19N3O4S/c1-24-15-20(19-12-5-6-13-21(19)31-24)25(23(32)26(24)17-9-3-2-4-10-17)22(28)16-8-7-11-18(14-16)27(29)30/h2-14,20H,15H2,1H3/t20-,24+/m1/s1. The summed E-state index contributed by atoms with van der Waals surface area (Å²) in [6.45, 7) is 1.96. The molecule has 3 aromatic rings. The molecule has 0 radical (unpaired) electrons. The third-order valence-electron chi connectivity index (χ3n) is 5.90. The predicted octanol–water partition coefficient (Wildman–Crippen LogP) is 5.08. The minimum atomic E-state index is -0.795. The quantitative estimate of drug-likeness (QED) is 0.318. The van der Waals surface area contributed by atoms with E-state index in [1.165, 1.54) is 18.2 Å². The Morgan fingerprint density at radius 3 is 2.56 bits per heavy atom. The molecule has 0 saturated carbocycles. The van der Waals surface area contributed by atoms with E-state index in [0.717, 1.165) is 11.3 Å². The fourth-order valence-electron chi connectivity index (χ4n) is 4.49. The van der Waals surface area contributed by atoms with Gasteiger partial charge < -0.3 is 4.74 Å². The lowest BCUT2D eigenvalue weighted by molar-refractivity contribution is -0.384. The van der Waals surface area contributed by atoms with E-state index in [9.17, 15) is 14.9 Å². The van der Waals surface area contributed by atoms with Crippen LogP contribution in [0.3, 0.4) is 0 Å². The second kappa shape index (κ2) is 7.42. The molecule has 2 atom stereocenters. The summed E-state index contributed by atoms with van der Waals surface area (Å²) in [6, 6.07) is 22.5. The first-order valence-electron chi connectivity index (χ1n) is 10.1. The van der Waals surface area contributed by atoms with Gasteiger partial charge in [-0.2, -0.15) is 0 Å². The second-order valence-corrected chi connectivity index (χ2v) is 8.34. The Kier molecular flexibility index (Phi) is 4.67. The Morgan fingerprint density at radius 1 is 1.09 bits per heavy atom. The van der Waals surface area contributed by atoms with Crippen molar-refractivity contribution in [2.24, 2.45) is 0 Å². The molecule has 2 bridgehead atoms. The number of amides is 1. The van der Waals surface area contributed by atoms with Crippen molar-refractivity contribution >= 4 is 34.6 Å². The maximum absolute atomic E-state index is 13.7. The van der Waals surface area contributed by atoms with E-state index >= 15 is 0 Å². The van der Waals surface area contributed by atoms with Gasteiger partial charge in [-0.05, 0) is 43.4 Å². The zero-order chi connectivity index (χ0) is 22.5. The molecule has 0 spiro atoms. The van der Waals surface area contributed by atoms with Crippen LogP contribution in [-0.4, -0.2) is 26.6 Å². The number of rotatable bonds is 3. The number of ether oxygens (including phenoxy) is 1. The number of carbonyl (C=O) groups is 1. The summed E-state index contributed by atoms with van der Waals surface area (Å²) in [6.07, 6.45) is 0.486. The highest BCUT2D eigenvalue weighted by molar-refractivity contribution is 7.80. The van der Waals surface area contributed by atoms with Crippen LogP contribution in [0.25, 0.3) is 0 Å². The number of carbonyl (C=O) groups excluding carboxylic acids is 1.